The highest BCUT2D eigenvalue weighted by molar-refractivity contribution is 7.83. The molecule has 0 aliphatic carbocycles. The summed E-state index contributed by atoms with van der Waals surface area (Å²) in [6.45, 7) is 0. The van der Waals surface area contributed by atoms with Crippen molar-refractivity contribution >= 4 is 71.0 Å². The van der Waals surface area contributed by atoms with Crippen LogP contribution in [-0.4, -0.2) is 12.3 Å². The fourth-order valence-corrected chi connectivity index (χ4v) is 23.6. The van der Waals surface area contributed by atoms with Gasteiger partial charge in [0.25, 0.3) is 0 Å². The minimum absolute atomic E-state index is 0.0780. The average molecular weight is 935 g/mol. The molecule has 0 saturated carbocycles. The van der Waals surface area contributed by atoms with Gasteiger partial charge in [0, 0.05) is 54.8 Å². The minimum Gasteiger partial charge on any atom is -0.314 e. The number of hydrogen-bond donors (Lipinski definition) is 0. The van der Waals surface area contributed by atoms with Crippen LogP contribution in [0.5, 0.6) is 0 Å². The molecule has 0 bridgehead atoms. The molecule has 2 unspecified atom stereocenters. The highest BCUT2D eigenvalue weighted by Crippen LogP contribution is 2.65. The van der Waals surface area contributed by atoms with Gasteiger partial charge in [0.2, 0.25) is 0 Å². The largest absolute Gasteiger partial charge is 0.314 e. The summed E-state index contributed by atoms with van der Waals surface area (Å²) >= 11 is 0. The molecule has 4 nitrogen and oxygen atoms in total. The van der Waals surface area contributed by atoms with Gasteiger partial charge in [-0.1, -0.05) is 267 Å². The van der Waals surface area contributed by atoms with Gasteiger partial charge < -0.3 is 18.3 Å². The Bertz CT molecular complexity index is 2780. The second-order valence-electron chi connectivity index (χ2n) is 16.5. The number of benzene rings is 9. The lowest BCUT2D eigenvalue weighted by Crippen LogP contribution is -2.28. The van der Waals surface area contributed by atoms with Gasteiger partial charge in [0.05, 0.1) is 11.3 Å². The van der Waals surface area contributed by atoms with Crippen molar-refractivity contribution in [3.05, 3.63) is 278 Å². The summed E-state index contributed by atoms with van der Waals surface area (Å²) in [6, 6.07) is 84.5. The van der Waals surface area contributed by atoms with Crippen LogP contribution in [0.2, 0.25) is 0 Å². The maximum absolute atomic E-state index is 16.7. The van der Waals surface area contributed by atoms with Gasteiger partial charge >= 0.3 is 0 Å². The van der Waals surface area contributed by atoms with Crippen molar-refractivity contribution in [2.45, 2.75) is 11.3 Å². The van der Waals surface area contributed by atoms with E-state index in [9.17, 15) is 0 Å². The molecular formula is C58H50O4P4. The first-order valence-electron chi connectivity index (χ1n) is 22.2. The van der Waals surface area contributed by atoms with Crippen molar-refractivity contribution in [3.63, 3.8) is 0 Å². The van der Waals surface area contributed by atoms with Gasteiger partial charge in [0.1, 0.15) is 14.3 Å². The van der Waals surface area contributed by atoms with Crippen LogP contribution in [0.25, 0.3) is 0 Å². The summed E-state index contributed by atoms with van der Waals surface area (Å²) in [5.74, 6) is 0. The summed E-state index contributed by atoms with van der Waals surface area (Å²) in [5.41, 5.74) is -0.0277. The normalized spacial score (nSPS) is 13.1. The van der Waals surface area contributed by atoms with Crippen LogP contribution in [0.1, 0.15) is 22.4 Å². The molecule has 0 spiro atoms. The molecule has 2 atom stereocenters. The molecule has 0 N–H and O–H groups in total. The maximum atomic E-state index is 16.7. The van der Waals surface area contributed by atoms with Crippen LogP contribution in [0.4, 0.5) is 0 Å². The molecule has 9 rings (SSSR count). The van der Waals surface area contributed by atoms with Crippen molar-refractivity contribution in [1.82, 2.24) is 0 Å². The van der Waals surface area contributed by atoms with E-state index in [1.54, 1.807) is 0 Å². The monoisotopic (exact) mass is 934 g/mol. The Morgan fingerprint density at radius 1 is 0.227 bits per heavy atom. The molecule has 0 radical (unpaired) electrons. The zero-order valence-corrected chi connectivity index (χ0v) is 40.0. The van der Waals surface area contributed by atoms with Crippen molar-refractivity contribution < 1.29 is 18.3 Å². The van der Waals surface area contributed by atoms with Gasteiger partial charge in [-0.05, 0) is 11.1 Å². The summed E-state index contributed by atoms with van der Waals surface area (Å²) in [6.07, 6.45) is 0.156. The first kappa shape index (κ1) is 45.1. The van der Waals surface area contributed by atoms with Crippen molar-refractivity contribution in [2.24, 2.45) is 0 Å². The predicted octanol–water partition coefficient (Wildman–Crippen LogP) is 11.8. The van der Waals surface area contributed by atoms with E-state index < -0.39 is 39.9 Å². The Morgan fingerprint density at radius 2 is 0.394 bits per heavy atom. The zero-order valence-electron chi connectivity index (χ0n) is 36.4. The van der Waals surface area contributed by atoms with Crippen LogP contribution in [0, 0.1) is 0 Å². The molecule has 0 aliphatic heterocycles. The van der Waals surface area contributed by atoms with Crippen molar-refractivity contribution in [2.75, 3.05) is 12.3 Å². The van der Waals surface area contributed by atoms with E-state index in [1.807, 2.05) is 267 Å². The van der Waals surface area contributed by atoms with E-state index in [0.29, 0.717) is 42.4 Å². The smallest absolute Gasteiger partial charge is 0.150 e. The molecule has 0 heterocycles. The Hall–Kier alpha value is -6.10. The minimum atomic E-state index is -3.65. The van der Waals surface area contributed by atoms with E-state index in [4.69, 9.17) is 0 Å². The summed E-state index contributed by atoms with van der Waals surface area (Å²) in [5, 5.41) is 5.43. The van der Waals surface area contributed by atoms with E-state index in [-0.39, 0.29) is 12.3 Å². The van der Waals surface area contributed by atoms with Crippen LogP contribution < -0.4 is 42.4 Å². The first-order valence-corrected chi connectivity index (χ1v) is 29.5. The standard InChI is InChI=1S/C58H50O4P4/c59-63(49-25-9-1-10-26-49,50-27-11-2-12-28-50)45-57(65(61,53-33-17-5-18-34-53)54-35-19-6-20-36-54)47-41-43-48(44-42-47)58(66(62,55-37-21-7-22-38-55)56-39-23-8-24-40-56)46-64(60,51-29-13-3-14-30-51)52-31-15-4-16-32-52/h1-44,57-58H,45-46H2. The second-order valence-corrected chi connectivity index (χ2v) is 28.2. The van der Waals surface area contributed by atoms with E-state index in [0.717, 1.165) is 11.1 Å². The Morgan fingerprint density at radius 3 is 0.576 bits per heavy atom. The topological polar surface area (TPSA) is 68.3 Å². The molecule has 326 valence electrons. The van der Waals surface area contributed by atoms with Gasteiger partial charge in [-0.15, -0.1) is 0 Å². The molecule has 0 aliphatic rings. The highest BCUT2D eigenvalue weighted by Gasteiger charge is 2.45. The van der Waals surface area contributed by atoms with Gasteiger partial charge in [-0.2, -0.15) is 0 Å². The van der Waals surface area contributed by atoms with E-state index in [2.05, 4.69) is 0 Å². The van der Waals surface area contributed by atoms with Gasteiger partial charge in [-0.25, -0.2) is 0 Å². The van der Waals surface area contributed by atoms with Crippen molar-refractivity contribution in [3.8, 4) is 0 Å². The summed E-state index contributed by atoms with van der Waals surface area (Å²) in [4.78, 5) is 0. The third kappa shape index (κ3) is 8.81. The molecule has 9 aromatic carbocycles. The maximum Gasteiger partial charge on any atom is 0.150 e. The van der Waals surface area contributed by atoms with Crippen LogP contribution in [0.3, 0.4) is 0 Å². The van der Waals surface area contributed by atoms with Gasteiger partial charge in [0.15, 0.2) is 14.3 Å². The fraction of sp³-hybridized carbons (Fsp3) is 0.0690. The Labute approximate surface area is 389 Å². The fourth-order valence-electron chi connectivity index (χ4n) is 9.30. The van der Waals surface area contributed by atoms with E-state index in [1.165, 1.54) is 0 Å². The van der Waals surface area contributed by atoms with Crippen molar-refractivity contribution in [1.29, 1.82) is 0 Å². The van der Waals surface area contributed by atoms with Crippen LogP contribution in [-0.2, 0) is 18.3 Å². The second kappa shape index (κ2) is 19.8. The average Bonchev–Trinajstić information content (AvgIpc) is 3.41. The molecular weight excluding hydrogens is 885 g/mol. The number of hydrogen-bond acceptors (Lipinski definition) is 4. The molecule has 0 saturated heterocycles. The molecule has 0 amide bonds. The number of rotatable bonds is 16. The molecule has 66 heavy (non-hydrogen) atoms. The SMILES string of the molecule is O=P(CC(c1ccc(C(CP(=O)(c2ccccc2)c2ccccc2)P(=O)(c2ccccc2)c2ccccc2)cc1)P(=O)(c1ccccc1)c1ccccc1)(c1ccccc1)c1ccccc1. The lowest BCUT2D eigenvalue weighted by atomic mass is 10.1. The van der Waals surface area contributed by atoms with E-state index >= 15 is 18.3 Å². The summed E-state index contributed by atoms with van der Waals surface area (Å²) in [7, 11) is -14.2. The lowest BCUT2D eigenvalue weighted by molar-refractivity contribution is 0.574. The predicted molar refractivity (Wildman–Crippen MR) is 281 cm³/mol. The molecule has 0 fully saturated rings. The molecule has 8 heteroatoms. The van der Waals surface area contributed by atoms with Crippen LogP contribution in [0.15, 0.2) is 267 Å². The Balaban J connectivity index is 1.28. The molecule has 9 aromatic rings. The third-order valence-electron chi connectivity index (χ3n) is 12.7. The lowest BCUT2D eigenvalue weighted by Gasteiger charge is -2.34. The van der Waals surface area contributed by atoms with Crippen LogP contribution >= 0.6 is 28.6 Å². The van der Waals surface area contributed by atoms with Gasteiger partial charge in [-0.3, -0.25) is 0 Å². The third-order valence-corrected chi connectivity index (χ3v) is 26.5. The summed E-state index contributed by atoms with van der Waals surface area (Å²) < 4.78 is 65.7. The quantitative estimate of drug-likeness (QED) is 0.0905. The highest BCUT2D eigenvalue weighted by atomic mass is 31.2. The zero-order chi connectivity index (χ0) is 45.5. The Kier molecular flexibility index (Phi) is 13.5. The molecule has 0 aromatic heterocycles. The first-order chi connectivity index (χ1) is 32.2.